The lowest BCUT2D eigenvalue weighted by molar-refractivity contribution is 0.279. The van der Waals surface area contributed by atoms with Crippen LogP contribution in [-0.4, -0.2) is 10.1 Å². The molecule has 0 radical (unpaired) electrons. The molecule has 1 heterocycles. The second-order valence-corrected chi connectivity index (χ2v) is 6.23. The maximum absolute atomic E-state index is 9.19. The molecule has 1 aromatic heterocycles. The fourth-order valence-electron chi connectivity index (χ4n) is 2.16. The van der Waals surface area contributed by atoms with Gasteiger partial charge in [0, 0.05) is 11.3 Å². The topological polar surface area (TPSA) is 42.4 Å². The molecule has 1 aromatic carbocycles. The highest BCUT2D eigenvalue weighted by Crippen LogP contribution is 2.26. The van der Waals surface area contributed by atoms with Crippen LogP contribution in [0.2, 0.25) is 0 Å². The smallest absolute Gasteiger partial charge is 0.131 e. The Hall–Kier alpha value is -1.39. The third kappa shape index (κ3) is 3.38. The van der Waals surface area contributed by atoms with E-state index in [2.05, 4.69) is 24.2 Å². The number of hydrogen-bond acceptors (Lipinski definition) is 4. The first-order chi connectivity index (χ1) is 9.51. The van der Waals surface area contributed by atoms with Gasteiger partial charge in [-0.2, -0.15) is 0 Å². The number of benzene rings is 1. The summed E-state index contributed by atoms with van der Waals surface area (Å²) in [7, 11) is 0. The van der Waals surface area contributed by atoms with Gasteiger partial charge in [0.25, 0.3) is 0 Å². The molecule has 0 atom stereocenters. The Morgan fingerprint density at radius 1 is 1.25 bits per heavy atom. The van der Waals surface area contributed by atoms with Gasteiger partial charge in [0.2, 0.25) is 0 Å². The highest BCUT2D eigenvalue weighted by atomic mass is 32.1. The van der Waals surface area contributed by atoms with E-state index in [0.29, 0.717) is 12.5 Å². The van der Waals surface area contributed by atoms with Crippen LogP contribution in [-0.2, 0) is 13.2 Å². The number of aliphatic hydroxyl groups is 1. The van der Waals surface area contributed by atoms with Crippen LogP contribution in [0.5, 0.6) is 5.75 Å². The molecular weight excluding hydrogens is 270 g/mol. The van der Waals surface area contributed by atoms with Crippen molar-refractivity contribution in [3.63, 3.8) is 0 Å². The molecule has 0 bridgehead atoms. The zero-order chi connectivity index (χ0) is 14.7. The highest BCUT2D eigenvalue weighted by Gasteiger charge is 2.09. The lowest BCUT2D eigenvalue weighted by atomic mass is 10.1. The first kappa shape index (κ1) is 15.0. The predicted octanol–water partition coefficient (Wildman–Crippen LogP) is 3.95. The van der Waals surface area contributed by atoms with Crippen LogP contribution in [0.25, 0.3) is 0 Å². The average Bonchev–Trinajstić information content (AvgIpc) is 2.86. The van der Waals surface area contributed by atoms with Gasteiger partial charge >= 0.3 is 0 Å². The zero-order valence-corrected chi connectivity index (χ0v) is 13.3. The fraction of sp³-hybridized carbons (Fsp3) is 0.438. The Balaban J connectivity index is 2.10. The molecule has 0 aliphatic rings. The second kappa shape index (κ2) is 6.37. The van der Waals surface area contributed by atoms with Gasteiger partial charge in [0.1, 0.15) is 12.4 Å². The number of rotatable bonds is 5. The van der Waals surface area contributed by atoms with E-state index in [9.17, 15) is 5.11 Å². The van der Waals surface area contributed by atoms with Crippen molar-refractivity contribution in [3.05, 3.63) is 44.9 Å². The van der Waals surface area contributed by atoms with Gasteiger partial charge in [-0.3, -0.25) is 0 Å². The van der Waals surface area contributed by atoms with E-state index < -0.39 is 0 Å². The van der Waals surface area contributed by atoms with Gasteiger partial charge in [-0.25, -0.2) is 4.98 Å². The first-order valence-corrected chi connectivity index (χ1v) is 7.67. The minimum absolute atomic E-state index is 0.0613. The molecule has 0 spiro atoms. The number of aromatic nitrogens is 1. The molecule has 0 aliphatic heterocycles. The number of aliphatic hydroxyl groups excluding tert-OH is 1. The quantitative estimate of drug-likeness (QED) is 0.907. The molecule has 0 fully saturated rings. The van der Waals surface area contributed by atoms with Crippen molar-refractivity contribution in [3.8, 4) is 5.75 Å². The Morgan fingerprint density at radius 2 is 1.90 bits per heavy atom. The van der Waals surface area contributed by atoms with E-state index in [0.717, 1.165) is 33.1 Å². The minimum atomic E-state index is 0.0613. The molecule has 1 N–H and O–H groups in total. The predicted molar refractivity (Wildman–Crippen MR) is 82.4 cm³/mol. The van der Waals surface area contributed by atoms with Crippen LogP contribution >= 0.6 is 11.3 Å². The van der Waals surface area contributed by atoms with Crippen LogP contribution < -0.4 is 4.74 Å². The lowest BCUT2D eigenvalue weighted by Crippen LogP contribution is -2.01. The van der Waals surface area contributed by atoms with Gasteiger partial charge in [-0.1, -0.05) is 26.0 Å². The van der Waals surface area contributed by atoms with Gasteiger partial charge in [-0.15, -0.1) is 11.3 Å². The maximum Gasteiger partial charge on any atom is 0.131 e. The summed E-state index contributed by atoms with van der Waals surface area (Å²) in [6, 6.07) is 3.92. The van der Waals surface area contributed by atoms with Gasteiger partial charge in [-0.05, 0) is 30.5 Å². The molecule has 3 nitrogen and oxygen atoms in total. The Morgan fingerprint density at radius 3 is 2.40 bits per heavy atom. The summed E-state index contributed by atoms with van der Waals surface area (Å²) in [6.07, 6.45) is 0. The number of aryl methyl sites for hydroxylation is 2. The summed E-state index contributed by atoms with van der Waals surface area (Å²) in [6.45, 7) is 8.84. The van der Waals surface area contributed by atoms with Gasteiger partial charge < -0.3 is 9.84 Å². The van der Waals surface area contributed by atoms with Crippen molar-refractivity contribution in [1.82, 2.24) is 4.98 Å². The molecule has 2 rings (SSSR count). The summed E-state index contributed by atoms with van der Waals surface area (Å²) in [4.78, 5) is 4.57. The maximum atomic E-state index is 9.19. The first-order valence-electron chi connectivity index (χ1n) is 6.79. The summed E-state index contributed by atoms with van der Waals surface area (Å²) >= 11 is 1.68. The third-order valence-corrected chi connectivity index (χ3v) is 4.32. The van der Waals surface area contributed by atoms with Crippen molar-refractivity contribution in [2.45, 2.75) is 46.8 Å². The Bertz CT molecular complexity index is 567. The van der Waals surface area contributed by atoms with Crippen LogP contribution in [0, 0.1) is 13.8 Å². The van der Waals surface area contributed by atoms with E-state index in [1.165, 1.54) is 0 Å². The molecule has 108 valence electrons. The number of thiazole rings is 1. The molecule has 0 amide bonds. The van der Waals surface area contributed by atoms with Crippen molar-refractivity contribution >= 4 is 11.3 Å². The van der Waals surface area contributed by atoms with E-state index in [-0.39, 0.29) is 6.61 Å². The standard InChI is InChI=1S/C16H21NO2S/c1-10(2)16-17-14(9-20-16)8-19-15-11(3)5-13(7-18)6-12(15)4/h5-6,9-10,18H,7-8H2,1-4H3. The summed E-state index contributed by atoms with van der Waals surface area (Å²) in [5, 5.41) is 12.4. The van der Waals surface area contributed by atoms with Crippen molar-refractivity contribution in [1.29, 1.82) is 0 Å². The van der Waals surface area contributed by atoms with E-state index in [1.54, 1.807) is 11.3 Å². The Labute approximate surface area is 124 Å². The van der Waals surface area contributed by atoms with Crippen LogP contribution in [0.3, 0.4) is 0 Å². The molecule has 2 aromatic rings. The molecule has 0 unspecified atom stereocenters. The molecular formula is C16H21NO2S. The monoisotopic (exact) mass is 291 g/mol. The fourth-order valence-corrected chi connectivity index (χ4v) is 2.98. The molecule has 0 aliphatic carbocycles. The zero-order valence-electron chi connectivity index (χ0n) is 12.4. The SMILES string of the molecule is Cc1cc(CO)cc(C)c1OCc1csc(C(C)C)n1. The van der Waals surface area contributed by atoms with Gasteiger partial charge in [0.05, 0.1) is 17.3 Å². The normalized spacial score (nSPS) is 11.1. The Kier molecular flexibility index (Phi) is 4.78. The largest absolute Gasteiger partial charge is 0.487 e. The molecule has 0 saturated carbocycles. The summed E-state index contributed by atoms with van der Waals surface area (Å²) < 4.78 is 5.91. The highest BCUT2D eigenvalue weighted by molar-refractivity contribution is 7.09. The average molecular weight is 291 g/mol. The van der Waals surface area contributed by atoms with Crippen LogP contribution in [0.4, 0.5) is 0 Å². The summed E-state index contributed by atoms with van der Waals surface area (Å²) in [5.74, 6) is 1.35. The lowest BCUT2D eigenvalue weighted by Gasteiger charge is -2.12. The van der Waals surface area contributed by atoms with Crippen molar-refractivity contribution < 1.29 is 9.84 Å². The van der Waals surface area contributed by atoms with E-state index in [4.69, 9.17) is 4.74 Å². The van der Waals surface area contributed by atoms with E-state index in [1.807, 2.05) is 26.0 Å². The minimum Gasteiger partial charge on any atom is -0.487 e. The number of nitrogens with zero attached hydrogens (tertiary/aromatic N) is 1. The molecule has 20 heavy (non-hydrogen) atoms. The van der Waals surface area contributed by atoms with Crippen LogP contribution in [0.1, 0.15) is 47.2 Å². The molecule has 4 heteroatoms. The van der Waals surface area contributed by atoms with Gasteiger partial charge in [0.15, 0.2) is 0 Å². The number of hydrogen-bond donors (Lipinski definition) is 1. The summed E-state index contributed by atoms with van der Waals surface area (Å²) in [5.41, 5.74) is 3.99. The van der Waals surface area contributed by atoms with Crippen LogP contribution in [0.15, 0.2) is 17.5 Å². The van der Waals surface area contributed by atoms with Crippen molar-refractivity contribution in [2.75, 3.05) is 0 Å². The second-order valence-electron chi connectivity index (χ2n) is 5.34. The number of ether oxygens (including phenoxy) is 1. The molecule has 0 saturated heterocycles. The van der Waals surface area contributed by atoms with Crippen molar-refractivity contribution in [2.24, 2.45) is 0 Å². The third-order valence-electron chi connectivity index (χ3n) is 3.13. The van der Waals surface area contributed by atoms with E-state index >= 15 is 0 Å².